The summed E-state index contributed by atoms with van der Waals surface area (Å²) < 4.78 is 33.7. The predicted molar refractivity (Wildman–Crippen MR) is 126 cm³/mol. The van der Waals surface area contributed by atoms with Gasteiger partial charge in [-0.3, -0.25) is 9.59 Å². The number of ether oxygens (including phenoxy) is 1. The van der Waals surface area contributed by atoms with E-state index in [2.05, 4.69) is 16.7 Å². The van der Waals surface area contributed by atoms with Crippen molar-refractivity contribution in [1.29, 1.82) is 0 Å². The molecule has 1 aromatic rings. The number of anilines is 1. The summed E-state index contributed by atoms with van der Waals surface area (Å²) in [5.74, 6) is -0.0469. The number of amides is 2. The number of piperidine rings is 1. The first-order chi connectivity index (χ1) is 15.8. The Hall–Kier alpha value is -2.39. The van der Waals surface area contributed by atoms with Crippen molar-refractivity contribution < 1.29 is 22.7 Å². The Bertz CT molecular complexity index is 1060. The zero-order valence-electron chi connectivity index (χ0n) is 19.4. The van der Waals surface area contributed by atoms with E-state index in [1.165, 1.54) is 28.8 Å². The van der Waals surface area contributed by atoms with Crippen molar-refractivity contribution in [3.05, 3.63) is 29.3 Å². The molecule has 3 aliphatic rings. The van der Waals surface area contributed by atoms with Crippen LogP contribution in [0, 0.1) is 12.8 Å². The number of aryl methyl sites for hydroxylation is 1. The summed E-state index contributed by atoms with van der Waals surface area (Å²) in [6, 6.07) is 3.13. The quantitative estimate of drug-likeness (QED) is 0.615. The lowest BCUT2D eigenvalue weighted by Gasteiger charge is -2.31. The molecule has 4 rings (SSSR count). The summed E-state index contributed by atoms with van der Waals surface area (Å²) >= 11 is 0. The molecule has 2 heterocycles. The Morgan fingerprint density at radius 3 is 2.70 bits per heavy atom. The maximum atomic E-state index is 13.3. The smallest absolute Gasteiger partial charge is 0.265 e. The van der Waals surface area contributed by atoms with Crippen molar-refractivity contribution in [3.63, 3.8) is 0 Å². The Labute approximate surface area is 195 Å². The molecule has 2 N–H and O–H groups in total. The molecule has 1 aromatic carbocycles. The highest BCUT2D eigenvalue weighted by Gasteiger charge is 2.34. The fourth-order valence-electron chi connectivity index (χ4n) is 4.74. The van der Waals surface area contributed by atoms with Crippen LogP contribution in [0.15, 0.2) is 28.7 Å². The van der Waals surface area contributed by atoms with Gasteiger partial charge in [-0.1, -0.05) is 11.6 Å². The molecule has 2 aliphatic heterocycles. The number of hydrogen-bond acceptors (Lipinski definition) is 5. The van der Waals surface area contributed by atoms with Crippen LogP contribution in [0.2, 0.25) is 0 Å². The van der Waals surface area contributed by atoms with Gasteiger partial charge < -0.3 is 15.4 Å². The number of allylic oxidation sites excluding steroid dienone is 1. The first kappa shape index (κ1) is 23.8. The molecule has 8 nitrogen and oxygen atoms in total. The van der Waals surface area contributed by atoms with E-state index in [1.54, 1.807) is 19.9 Å². The number of sulfonamides is 1. The predicted octanol–water partition coefficient (Wildman–Crippen LogP) is 3.12. The first-order valence-corrected chi connectivity index (χ1v) is 13.3. The number of carbonyl (C=O) groups is 2. The monoisotopic (exact) mass is 475 g/mol. The third-order valence-electron chi connectivity index (χ3n) is 6.78. The number of hydrogen-bond donors (Lipinski definition) is 2. The van der Waals surface area contributed by atoms with Crippen LogP contribution in [0.1, 0.15) is 57.4 Å². The van der Waals surface area contributed by atoms with E-state index in [1.807, 2.05) is 0 Å². The fourth-order valence-corrected chi connectivity index (χ4v) is 6.43. The van der Waals surface area contributed by atoms with Crippen molar-refractivity contribution in [1.82, 2.24) is 9.62 Å². The average molecular weight is 476 g/mol. The van der Waals surface area contributed by atoms with E-state index in [4.69, 9.17) is 4.74 Å². The molecule has 0 saturated carbocycles. The summed E-state index contributed by atoms with van der Waals surface area (Å²) in [5.41, 5.74) is 2.46. The lowest BCUT2D eigenvalue weighted by atomic mass is 9.96. The molecule has 1 atom stereocenters. The van der Waals surface area contributed by atoms with Gasteiger partial charge in [0.2, 0.25) is 15.9 Å². The van der Waals surface area contributed by atoms with Gasteiger partial charge >= 0.3 is 0 Å². The first-order valence-electron chi connectivity index (χ1n) is 11.8. The van der Waals surface area contributed by atoms with Crippen LogP contribution in [0.25, 0.3) is 0 Å². The minimum atomic E-state index is -3.74. The van der Waals surface area contributed by atoms with E-state index in [0.29, 0.717) is 49.5 Å². The minimum absolute atomic E-state index is 0.0200. The van der Waals surface area contributed by atoms with Gasteiger partial charge in [0.1, 0.15) is 5.75 Å². The van der Waals surface area contributed by atoms with Crippen LogP contribution in [-0.2, 0) is 19.6 Å². The van der Waals surface area contributed by atoms with Gasteiger partial charge in [-0.05, 0) is 70.4 Å². The molecule has 33 heavy (non-hydrogen) atoms. The van der Waals surface area contributed by atoms with Gasteiger partial charge in [0.05, 0.1) is 10.6 Å². The summed E-state index contributed by atoms with van der Waals surface area (Å²) in [5, 5.41) is 5.78. The Kier molecular flexibility index (Phi) is 7.09. The van der Waals surface area contributed by atoms with Crippen LogP contribution in [0.5, 0.6) is 5.75 Å². The second-order valence-electron chi connectivity index (χ2n) is 9.19. The summed E-state index contributed by atoms with van der Waals surface area (Å²) in [6.45, 7) is 4.58. The molecule has 2 amide bonds. The van der Waals surface area contributed by atoms with Crippen LogP contribution >= 0.6 is 0 Å². The average Bonchev–Trinajstić information content (AvgIpc) is 2.80. The molecule has 0 aromatic heterocycles. The van der Waals surface area contributed by atoms with E-state index >= 15 is 0 Å². The summed E-state index contributed by atoms with van der Waals surface area (Å²) in [6.07, 6.45) is 8.27. The molecular formula is C24H33N3O5S. The third kappa shape index (κ3) is 5.24. The SMILES string of the molecule is Cc1cc2c(cc1S(=O)(=O)N1CCC(C(=O)NCCC3=CCCCC3)CC1)O[C@@H](C)C(=O)N2. The molecule has 1 saturated heterocycles. The van der Waals surface area contributed by atoms with Gasteiger partial charge in [0.25, 0.3) is 5.91 Å². The standard InChI is InChI=1S/C24H33N3O5S/c1-16-14-20-21(32-17(2)23(28)26-20)15-22(16)33(30,31)27-12-9-19(10-13-27)24(29)25-11-8-18-6-4-3-5-7-18/h6,14-15,17,19H,3-5,7-13H2,1-2H3,(H,25,29)(H,26,28)/t17-/m0/s1. The minimum Gasteiger partial charge on any atom is -0.479 e. The molecule has 0 radical (unpaired) electrons. The maximum Gasteiger partial charge on any atom is 0.265 e. The molecule has 1 fully saturated rings. The van der Waals surface area contributed by atoms with Crippen LogP contribution in [-0.4, -0.2) is 50.3 Å². The maximum absolute atomic E-state index is 13.3. The molecule has 0 bridgehead atoms. The number of rotatable bonds is 6. The Balaban J connectivity index is 1.35. The van der Waals surface area contributed by atoms with Crippen LogP contribution < -0.4 is 15.4 Å². The zero-order valence-corrected chi connectivity index (χ0v) is 20.2. The van der Waals surface area contributed by atoms with Crippen molar-refractivity contribution in [3.8, 4) is 5.75 Å². The fraction of sp³-hybridized carbons (Fsp3) is 0.583. The second-order valence-corrected chi connectivity index (χ2v) is 11.1. The largest absolute Gasteiger partial charge is 0.479 e. The highest BCUT2D eigenvalue weighted by atomic mass is 32.2. The van der Waals surface area contributed by atoms with Crippen molar-refractivity contribution in [2.24, 2.45) is 5.92 Å². The van der Waals surface area contributed by atoms with E-state index in [9.17, 15) is 18.0 Å². The topological polar surface area (TPSA) is 105 Å². The lowest BCUT2D eigenvalue weighted by Crippen LogP contribution is -2.43. The highest BCUT2D eigenvalue weighted by molar-refractivity contribution is 7.89. The third-order valence-corrected chi connectivity index (χ3v) is 8.82. The number of nitrogens with one attached hydrogen (secondary N) is 2. The lowest BCUT2D eigenvalue weighted by molar-refractivity contribution is -0.126. The van der Waals surface area contributed by atoms with Crippen molar-refractivity contribution >= 4 is 27.5 Å². The molecule has 0 spiro atoms. The van der Waals surface area contributed by atoms with Crippen LogP contribution in [0.4, 0.5) is 5.69 Å². The number of fused-ring (bicyclic) bond motifs is 1. The molecular weight excluding hydrogens is 442 g/mol. The van der Waals surface area contributed by atoms with E-state index in [-0.39, 0.29) is 22.6 Å². The van der Waals surface area contributed by atoms with Crippen LogP contribution in [0.3, 0.4) is 0 Å². The summed E-state index contributed by atoms with van der Waals surface area (Å²) in [7, 11) is -3.74. The van der Waals surface area contributed by atoms with Gasteiger partial charge in [-0.2, -0.15) is 4.31 Å². The van der Waals surface area contributed by atoms with Gasteiger partial charge in [0.15, 0.2) is 6.10 Å². The Morgan fingerprint density at radius 1 is 1.24 bits per heavy atom. The Morgan fingerprint density at radius 2 is 2.00 bits per heavy atom. The molecule has 180 valence electrons. The number of carbonyl (C=O) groups excluding carboxylic acids is 2. The molecule has 0 unspecified atom stereocenters. The number of benzene rings is 1. The molecule has 9 heteroatoms. The highest BCUT2D eigenvalue weighted by Crippen LogP contribution is 2.36. The van der Waals surface area contributed by atoms with Gasteiger partial charge in [-0.25, -0.2) is 8.42 Å². The summed E-state index contributed by atoms with van der Waals surface area (Å²) in [4.78, 5) is 24.6. The van der Waals surface area contributed by atoms with Crippen molar-refractivity contribution in [2.75, 3.05) is 25.0 Å². The number of nitrogens with zero attached hydrogens (tertiary/aromatic N) is 1. The van der Waals surface area contributed by atoms with Crippen molar-refractivity contribution in [2.45, 2.75) is 69.8 Å². The van der Waals surface area contributed by atoms with Gasteiger partial charge in [-0.15, -0.1) is 0 Å². The normalized spacial score (nSPS) is 22.1. The van der Waals surface area contributed by atoms with E-state index < -0.39 is 16.1 Å². The van der Waals surface area contributed by atoms with Gasteiger partial charge in [0, 0.05) is 31.6 Å². The second kappa shape index (κ2) is 9.85. The zero-order chi connectivity index (χ0) is 23.6. The van der Waals surface area contributed by atoms with E-state index in [0.717, 1.165) is 19.3 Å². The molecule has 1 aliphatic carbocycles.